The van der Waals surface area contributed by atoms with Crippen LogP contribution in [0.4, 0.5) is 17.1 Å². The van der Waals surface area contributed by atoms with Crippen LogP contribution in [0, 0.1) is 0 Å². The van der Waals surface area contributed by atoms with Crippen LogP contribution in [0.15, 0.2) is 182 Å². The van der Waals surface area contributed by atoms with Crippen LogP contribution in [0.1, 0.15) is 65.1 Å². The van der Waals surface area contributed by atoms with E-state index in [0.29, 0.717) is 5.92 Å². The average Bonchev–Trinajstić information content (AvgIpc) is 3.77. The Balaban J connectivity index is 1.19. The van der Waals surface area contributed by atoms with Crippen LogP contribution in [0.25, 0.3) is 33.4 Å². The summed E-state index contributed by atoms with van der Waals surface area (Å²) in [6, 6.07) is 59.8. The maximum Gasteiger partial charge on any atom is 0.0726 e. The molecule has 1 heteroatoms. The summed E-state index contributed by atoms with van der Waals surface area (Å²) in [5.74, 6) is 0.298. The molecule has 0 saturated heterocycles. The lowest BCUT2D eigenvalue weighted by atomic mass is 9.70. The Labute approximate surface area is 312 Å². The Morgan fingerprint density at radius 3 is 1.60 bits per heavy atom. The first-order valence-electron chi connectivity index (χ1n) is 19.0. The quantitative estimate of drug-likeness (QED) is 0.179. The van der Waals surface area contributed by atoms with Gasteiger partial charge in [-0.3, -0.25) is 0 Å². The zero-order valence-corrected chi connectivity index (χ0v) is 30.1. The van der Waals surface area contributed by atoms with E-state index < -0.39 is 5.41 Å². The van der Waals surface area contributed by atoms with E-state index in [4.69, 9.17) is 0 Å². The minimum Gasteiger partial charge on any atom is -0.310 e. The Hall–Kier alpha value is -6.18. The Morgan fingerprint density at radius 2 is 0.962 bits per heavy atom. The number of hydrogen-bond acceptors (Lipinski definition) is 1. The molecule has 0 radical (unpaired) electrons. The number of anilines is 3. The molecule has 7 aromatic carbocycles. The van der Waals surface area contributed by atoms with Gasteiger partial charge in [-0.2, -0.15) is 0 Å². The van der Waals surface area contributed by atoms with Crippen molar-refractivity contribution >= 4 is 17.1 Å². The van der Waals surface area contributed by atoms with Gasteiger partial charge in [-0.05, 0) is 109 Å². The normalized spacial score (nSPS) is 17.1. The van der Waals surface area contributed by atoms with Crippen molar-refractivity contribution in [2.45, 2.75) is 37.0 Å². The van der Waals surface area contributed by atoms with Gasteiger partial charge in [-0.25, -0.2) is 0 Å². The summed E-state index contributed by atoms with van der Waals surface area (Å²) < 4.78 is 0. The molecule has 7 aromatic rings. The number of rotatable bonds is 4. The molecular formula is C52H39N. The summed E-state index contributed by atoms with van der Waals surface area (Å²) in [5.41, 5.74) is 20.6. The molecule has 0 heterocycles. The number of nitrogens with zero attached hydrogens (tertiary/aromatic N) is 1. The number of allylic oxidation sites excluding steroid dienone is 4. The lowest BCUT2D eigenvalue weighted by Crippen LogP contribution is -2.26. The van der Waals surface area contributed by atoms with Crippen molar-refractivity contribution in [1.29, 1.82) is 0 Å². The third kappa shape index (κ3) is 4.08. The van der Waals surface area contributed by atoms with E-state index in [1.165, 1.54) is 89.4 Å². The van der Waals surface area contributed by atoms with Gasteiger partial charge < -0.3 is 4.90 Å². The zero-order chi connectivity index (χ0) is 35.3. The van der Waals surface area contributed by atoms with Gasteiger partial charge in [0.15, 0.2) is 0 Å². The standard InChI is InChI=1S/C52H39N/c1-51(2)44-23-11-6-22-41(44)43-32-35(29-31-45(43)51)53(50-27-15-10-18-37(50)34-16-4-3-5-17-34)36-28-30-42-40-21-9-14-26-48(40)52(49(42)33-36)46-24-12-7-19-38(46)39-20-8-13-25-47(39)52/h3-16,18-34H,17H2,1-2H3. The summed E-state index contributed by atoms with van der Waals surface area (Å²) in [5, 5.41) is 0. The van der Waals surface area contributed by atoms with E-state index in [-0.39, 0.29) is 5.41 Å². The van der Waals surface area contributed by atoms with Crippen molar-refractivity contribution in [2.24, 2.45) is 0 Å². The molecule has 4 aliphatic rings. The van der Waals surface area contributed by atoms with Gasteiger partial charge in [0.25, 0.3) is 0 Å². The molecule has 1 unspecified atom stereocenters. The van der Waals surface area contributed by atoms with Crippen LogP contribution >= 0.6 is 0 Å². The highest BCUT2D eigenvalue weighted by Gasteiger charge is 2.51. The number of benzene rings is 7. The van der Waals surface area contributed by atoms with Crippen molar-refractivity contribution in [2.75, 3.05) is 4.90 Å². The number of hydrogen-bond donors (Lipinski definition) is 0. The molecular weight excluding hydrogens is 639 g/mol. The Morgan fingerprint density at radius 1 is 0.453 bits per heavy atom. The fourth-order valence-corrected chi connectivity index (χ4v) is 10.3. The van der Waals surface area contributed by atoms with Crippen LogP contribution in [-0.2, 0) is 10.8 Å². The molecule has 0 N–H and O–H groups in total. The van der Waals surface area contributed by atoms with E-state index in [1.807, 2.05) is 0 Å². The monoisotopic (exact) mass is 677 g/mol. The highest BCUT2D eigenvalue weighted by molar-refractivity contribution is 5.97. The molecule has 0 bridgehead atoms. The van der Waals surface area contributed by atoms with Crippen molar-refractivity contribution in [3.05, 3.63) is 221 Å². The largest absolute Gasteiger partial charge is 0.310 e. The van der Waals surface area contributed by atoms with Gasteiger partial charge in [0, 0.05) is 28.4 Å². The smallest absolute Gasteiger partial charge is 0.0726 e. The van der Waals surface area contributed by atoms with Gasteiger partial charge >= 0.3 is 0 Å². The summed E-state index contributed by atoms with van der Waals surface area (Å²) in [7, 11) is 0. The molecule has 4 aliphatic carbocycles. The van der Waals surface area contributed by atoms with E-state index in [9.17, 15) is 0 Å². The van der Waals surface area contributed by atoms with Crippen LogP contribution in [0.3, 0.4) is 0 Å². The van der Waals surface area contributed by atoms with E-state index in [1.54, 1.807) is 0 Å². The fraction of sp³-hybridized carbons (Fsp3) is 0.115. The number of para-hydroxylation sites is 1. The van der Waals surface area contributed by atoms with Crippen molar-refractivity contribution in [3.8, 4) is 33.4 Å². The molecule has 11 rings (SSSR count). The lowest BCUT2D eigenvalue weighted by Gasteiger charge is -2.33. The third-order valence-corrected chi connectivity index (χ3v) is 12.6. The summed E-state index contributed by atoms with van der Waals surface area (Å²) in [6.45, 7) is 4.73. The van der Waals surface area contributed by atoms with Crippen LogP contribution in [-0.4, -0.2) is 0 Å². The minimum absolute atomic E-state index is 0.0542. The second-order valence-electron chi connectivity index (χ2n) is 15.6. The topological polar surface area (TPSA) is 3.24 Å². The third-order valence-electron chi connectivity index (χ3n) is 12.6. The molecule has 252 valence electrons. The summed E-state index contributed by atoms with van der Waals surface area (Å²) >= 11 is 0. The van der Waals surface area contributed by atoms with Crippen molar-refractivity contribution < 1.29 is 0 Å². The average molecular weight is 678 g/mol. The summed E-state index contributed by atoms with van der Waals surface area (Å²) in [6.07, 6.45) is 10.0. The molecule has 0 aliphatic heterocycles. The molecule has 1 spiro atoms. The molecule has 0 amide bonds. The van der Waals surface area contributed by atoms with Crippen LogP contribution < -0.4 is 4.90 Å². The predicted octanol–water partition coefficient (Wildman–Crippen LogP) is 13.4. The van der Waals surface area contributed by atoms with E-state index in [0.717, 1.165) is 6.42 Å². The van der Waals surface area contributed by atoms with Gasteiger partial charge in [0.05, 0.1) is 5.41 Å². The lowest BCUT2D eigenvalue weighted by molar-refractivity contribution is 0.660. The highest BCUT2D eigenvalue weighted by Crippen LogP contribution is 2.63. The fourth-order valence-electron chi connectivity index (χ4n) is 10.3. The molecule has 53 heavy (non-hydrogen) atoms. The van der Waals surface area contributed by atoms with Crippen molar-refractivity contribution in [3.63, 3.8) is 0 Å². The van der Waals surface area contributed by atoms with Crippen LogP contribution in [0.5, 0.6) is 0 Å². The van der Waals surface area contributed by atoms with Gasteiger partial charge in [0.1, 0.15) is 0 Å². The van der Waals surface area contributed by atoms with Crippen LogP contribution in [0.2, 0.25) is 0 Å². The Kier molecular flexibility index (Phi) is 6.41. The molecule has 0 aromatic heterocycles. The number of fused-ring (bicyclic) bond motifs is 13. The molecule has 0 fully saturated rings. The second-order valence-corrected chi connectivity index (χ2v) is 15.6. The predicted molar refractivity (Wildman–Crippen MR) is 221 cm³/mol. The maximum absolute atomic E-state index is 2.54. The maximum atomic E-state index is 2.54. The minimum atomic E-state index is -0.405. The van der Waals surface area contributed by atoms with Gasteiger partial charge in [-0.15, -0.1) is 0 Å². The SMILES string of the molecule is CC1(C)c2ccccc2-c2cc(N(c3ccc4c(c3)C3(c5ccccc5-c5ccccc53)c3ccccc3-4)c3ccccc3C3C=CC=CC3)ccc21. The first-order chi connectivity index (χ1) is 26.1. The van der Waals surface area contributed by atoms with Crippen molar-refractivity contribution in [1.82, 2.24) is 0 Å². The first-order valence-corrected chi connectivity index (χ1v) is 19.0. The zero-order valence-electron chi connectivity index (χ0n) is 30.1. The molecule has 1 atom stereocenters. The molecule has 0 saturated carbocycles. The molecule has 1 nitrogen and oxygen atoms in total. The van der Waals surface area contributed by atoms with Gasteiger partial charge in [0.2, 0.25) is 0 Å². The Bertz CT molecular complexity index is 2640. The van der Waals surface area contributed by atoms with Gasteiger partial charge in [-0.1, -0.05) is 166 Å². The van der Waals surface area contributed by atoms with E-state index in [2.05, 4.69) is 201 Å². The second kappa shape index (κ2) is 11.2. The summed E-state index contributed by atoms with van der Waals surface area (Å²) in [4.78, 5) is 2.54. The van der Waals surface area contributed by atoms with E-state index >= 15 is 0 Å². The highest BCUT2D eigenvalue weighted by atomic mass is 15.1. The first kappa shape index (κ1) is 30.4.